The van der Waals surface area contributed by atoms with Crippen LogP contribution in [0.25, 0.3) is 0 Å². The van der Waals surface area contributed by atoms with Crippen molar-refractivity contribution in [3.05, 3.63) is 35.6 Å². The fraction of sp³-hybridized carbons (Fsp3) is 0.375. The summed E-state index contributed by atoms with van der Waals surface area (Å²) in [4.78, 5) is 49.3. The van der Waals surface area contributed by atoms with Crippen molar-refractivity contribution in [3.8, 4) is 0 Å². The van der Waals surface area contributed by atoms with E-state index in [0.29, 0.717) is 5.56 Å². The Kier molecular flexibility index (Phi) is 5.05. The Morgan fingerprint density at radius 3 is 2.44 bits per heavy atom. The van der Waals surface area contributed by atoms with Gasteiger partial charge in [0.15, 0.2) is 0 Å². The number of amides is 4. The van der Waals surface area contributed by atoms with Crippen molar-refractivity contribution < 1.29 is 28.7 Å². The molecule has 1 aromatic rings. The van der Waals surface area contributed by atoms with Gasteiger partial charge in [0.05, 0.1) is 6.42 Å². The van der Waals surface area contributed by atoms with Gasteiger partial charge < -0.3 is 15.3 Å². The quantitative estimate of drug-likeness (QED) is 0.727. The smallest absolute Gasteiger partial charge is 0.325 e. The Hall–Kier alpha value is -2.97. The van der Waals surface area contributed by atoms with E-state index in [1.54, 1.807) is 0 Å². The first kappa shape index (κ1) is 18.4. The van der Waals surface area contributed by atoms with Crippen LogP contribution in [0, 0.1) is 5.82 Å². The van der Waals surface area contributed by atoms with Crippen LogP contribution in [-0.2, 0) is 19.9 Å². The zero-order chi connectivity index (χ0) is 18.8. The molecule has 25 heavy (non-hydrogen) atoms. The standard InChI is InChI=1S/C16H18FN3O5/c1-16(10-3-5-11(17)6-4-10)14(24)20(15(25)18-16)9-12(21)19(2)8-7-13(22)23/h3-6H,7-9H2,1-2H3,(H,18,25)(H,22,23). The Bertz CT molecular complexity index is 721. The van der Waals surface area contributed by atoms with Gasteiger partial charge in [-0.3, -0.25) is 19.3 Å². The molecule has 0 radical (unpaired) electrons. The van der Waals surface area contributed by atoms with Crippen molar-refractivity contribution in [1.82, 2.24) is 15.1 Å². The molecule has 134 valence electrons. The number of aliphatic carboxylic acids is 1. The van der Waals surface area contributed by atoms with Crippen LogP contribution in [0.2, 0.25) is 0 Å². The highest BCUT2D eigenvalue weighted by molar-refractivity contribution is 6.09. The van der Waals surface area contributed by atoms with E-state index >= 15 is 0 Å². The van der Waals surface area contributed by atoms with E-state index in [0.717, 1.165) is 9.80 Å². The first-order chi connectivity index (χ1) is 11.6. The molecule has 1 atom stereocenters. The lowest BCUT2D eigenvalue weighted by Crippen LogP contribution is -2.44. The lowest BCUT2D eigenvalue weighted by atomic mass is 9.92. The van der Waals surface area contributed by atoms with Crippen molar-refractivity contribution >= 4 is 23.8 Å². The van der Waals surface area contributed by atoms with E-state index in [9.17, 15) is 23.6 Å². The van der Waals surface area contributed by atoms with Gasteiger partial charge in [-0.1, -0.05) is 12.1 Å². The number of carboxylic acids is 1. The molecule has 2 rings (SSSR count). The number of hydrogen-bond donors (Lipinski definition) is 2. The highest BCUT2D eigenvalue weighted by Crippen LogP contribution is 2.28. The molecule has 8 nitrogen and oxygen atoms in total. The SMILES string of the molecule is CN(CCC(=O)O)C(=O)CN1C(=O)NC(C)(c2ccc(F)cc2)C1=O. The monoisotopic (exact) mass is 351 g/mol. The lowest BCUT2D eigenvalue weighted by molar-refractivity contribution is -0.140. The summed E-state index contributed by atoms with van der Waals surface area (Å²) >= 11 is 0. The number of carboxylic acid groups (broad SMARTS) is 1. The summed E-state index contributed by atoms with van der Waals surface area (Å²) in [5, 5.41) is 11.1. The average Bonchev–Trinajstić information content (AvgIpc) is 2.77. The number of hydrogen-bond acceptors (Lipinski definition) is 4. The van der Waals surface area contributed by atoms with Gasteiger partial charge >= 0.3 is 12.0 Å². The maximum Gasteiger partial charge on any atom is 0.325 e. The van der Waals surface area contributed by atoms with Gasteiger partial charge in [-0.05, 0) is 24.6 Å². The molecule has 4 amide bonds. The Morgan fingerprint density at radius 2 is 1.88 bits per heavy atom. The number of imide groups is 1. The van der Waals surface area contributed by atoms with Crippen LogP contribution in [0.3, 0.4) is 0 Å². The van der Waals surface area contributed by atoms with E-state index in [2.05, 4.69) is 5.32 Å². The molecule has 1 aromatic carbocycles. The van der Waals surface area contributed by atoms with Crippen LogP contribution in [-0.4, -0.2) is 58.9 Å². The molecule has 0 aliphatic carbocycles. The molecule has 1 unspecified atom stereocenters. The Labute approximate surface area is 143 Å². The van der Waals surface area contributed by atoms with Crippen LogP contribution in [0.5, 0.6) is 0 Å². The number of halogens is 1. The summed E-state index contributed by atoms with van der Waals surface area (Å²) in [5.74, 6) is -2.73. The second-order valence-electron chi connectivity index (χ2n) is 5.91. The third-order valence-electron chi connectivity index (χ3n) is 4.08. The second-order valence-corrected chi connectivity index (χ2v) is 5.91. The normalized spacial score (nSPS) is 19.7. The van der Waals surface area contributed by atoms with Crippen molar-refractivity contribution in [2.45, 2.75) is 18.9 Å². The molecule has 1 saturated heterocycles. The first-order valence-electron chi connectivity index (χ1n) is 7.51. The van der Waals surface area contributed by atoms with E-state index in [1.165, 1.54) is 38.2 Å². The molecule has 1 fully saturated rings. The van der Waals surface area contributed by atoms with Crippen molar-refractivity contribution in [2.75, 3.05) is 20.1 Å². The van der Waals surface area contributed by atoms with Crippen LogP contribution in [0.1, 0.15) is 18.9 Å². The molecule has 1 aliphatic heterocycles. The van der Waals surface area contributed by atoms with Gasteiger partial charge in [0.2, 0.25) is 5.91 Å². The number of urea groups is 1. The van der Waals surface area contributed by atoms with Crippen LogP contribution < -0.4 is 5.32 Å². The number of rotatable bonds is 6. The highest BCUT2D eigenvalue weighted by Gasteiger charge is 2.49. The summed E-state index contributed by atoms with van der Waals surface area (Å²) in [6, 6.07) is 4.38. The van der Waals surface area contributed by atoms with Gasteiger partial charge in [-0.25, -0.2) is 9.18 Å². The molecular weight excluding hydrogens is 333 g/mol. The van der Waals surface area contributed by atoms with Crippen molar-refractivity contribution in [3.63, 3.8) is 0 Å². The fourth-order valence-corrected chi connectivity index (χ4v) is 2.46. The summed E-state index contributed by atoms with van der Waals surface area (Å²) < 4.78 is 13.1. The zero-order valence-corrected chi connectivity index (χ0v) is 13.8. The maximum atomic E-state index is 13.1. The number of nitrogens with zero attached hydrogens (tertiary/aromatic N) is 2. The number of carbonyl (C=O) groups is 4. The van der Waals surface area contributed by atoms with E-state index < -0.39 is 41.7 Å². The number of nitrogens with one attached hydrogen (secondary N) is 1. The molecule has 9 heteroatoms. The van der Waals surface area contributed by atoms with Crippen molar-refractivity contribution in [2.24, 2.45) is 0 Å². The van der Waals surface area contributed by atoms with Crippen LogP contribution in [0.4, 0.5) is 9.18 Å². The number of benzene rings is 1. The molecule has 1 aliphatic rings. The Morgan fingerprint density at radius 1 is 1.28 bits per heavy atom. The lowest BCUT2D eigenvalue weighted by Gasteiger charge is -2.23. The number of carbonyl (C=O) groups excluding carboxylic acids is 3. The van der Waals surface area contributed by atoms with Gasteiger partial charge in [0.1, 0.15) is 17.9 Å². The average molecular weight is 351 g/mol. The van der Waals surface area contributed by atoms with Gasteiger partial charge in [-0.15, -0.1) is 0 Å². The molecule has 1 heterocycles. The van der Waals surface area contributed by atoms with E-state index in [-0.39, 0.29) is 13.0 Å². The van der Waals surface area contributed by atoms with Crippen molar-refractivity contribution in [1.29, 1.82) is 0 Å². The van der Waals surface area contributed by atoms with Crippen LogP contribution >= 0.6 is 0 Å². The zero-order valence-electron chi connectivity index (χ0n) is 13.8. The van der Waals surface area contributed by atoms with Gasteiger partial charge in [0, 0.05) is 13.6 Å². The van der Waals surface area contributed by atoms with E-state index in [1.807, 2.05) is 0 Å². The highest BCUT2D eigenvalue weighted by atomic mass is 19.1. The predicted octanol–water partition coefficient (Wildman–Crippen LogP) is 0.526. The fourth-order valence-electron chi connectivity index (χ4n) is 2.46. The topological polar surface area (TPSA) is 107 Å². The molecule has 0 bridgehead atoms. The third kappa shape index (κ3) is 3.76. The molecule has 0 saturated carbocycles. The summed E-state index contributed by atoms with van der Waals surface area (Å²) in [7, 11) is 1.39. The minimum absolute atomic E-state index is 0.0347. The predicted molar refractivity (Wildman–Crippen MR) is 83.9 cm³/mol. The summed E-state index contributed by atoms with van der Waals surface area (Å²) in [5.41, 5.74) is -1.01. The first-order valence-corrected chi connectivity index (χ1v) is 7.51. The molecule has 0 aromatic heterocycles. The molecule has 0 spiro atoms. The third-order valence-corrected chi connectivity index (χ3v) is 4.08. The maximum absolute atomic E-state index is 13.1. The Balaban J connectivity index is 2.11. The summed E-state index contributed by atoms with van der Waals surface area (Å²) in [6.45, 7) is 0.934. The van der Waals surface area contributed by atoms with E-state index in [4.69, 9.17) is 5.11 Å². The van der Waals surface area contributed by atoms with Gasteiger partial charge in [0.25, 0.3) is 5.91 Å². The molecule has 2 N–H and O–H groups in total. The summed E-state index contributed by atoms with van der Waals surface area (Å²) in [6.07, 6.45) is -0.240. The second kappa shape index (κ2) is 6.88. The number of likely N-dealkylation sites (N-methyl/N-ethyl adjacent to an activating group) is 1. The largest absolute Gasteiger partial charge is 0.481 e. The van der Waals surface area contributed by atoms with Crippen LogP contribution in [0.15, 0.2) is 24.3 Å². The van der Waals surface area contributed by atoms with Gasteiger partial charge in [-0.2, -0.15) is 0 Å². The molecular formula is C16H18FN3O5. The minimum Gasteiger partial charge on any atom is -0.481 e. The minimum atomic E-state index is -1.40.